The van der Waals surface area contributed by atoms with Gasteiger partial charge in [-0.1, -0.05) is 5.16 Å². The summed E-state index contributed by atoms with van der Waals surface area (Å²) in [6, 6.07) is 12.0. The van der Waals surface area contributed by atoms with Gasteiger partial charge in [0.25, 0.3) is 5.91 Å². The van der Waals surface area contributed by atoms with Gasteiger partial charge in [0.1, 0.15) is 5.82 Å². The molecule has 0 radical (unpaired) electrons. The smallest absolute Gasteiger partial charge is 0.258 e. The predicted octanol–water partition coefficient (Wildman–Crippen LogP) is 2.20. The molecule has 0 aliphatic carbocycles. The van der Waals surface area contributed by atoms with Crippen LogP contribution in [0.5, 0.6) is 0 Å². The van der Waals surface area contributed by atoms with Crippen molar-refractivity contribution in [2.75, 3.05) is 11.9 Å². The number of nitrogens with zero attached hydrogens (tertiary/aromatic N) is 2. The Balaban J connectivity index is 2.21. The van der Waals surface area contributed by atoms with Crippen LogP contribution in [0.1, 0.15) is 15.9 Å². The zero-order valence-corrected chi connectivity index (χ0v) is 11.3. The quantitative estimate of drug-likeness (QED) is 0.393. The number of halogens is 1. The lowest BCUT2D eigenvalue weighted by atomic mass is 10.1. The average Bonchev–Trinajstić information content (AvgIpc) is 2.53. The van der Waals surface area contributed by atoms with Gasteiger partial charge in [0.15, 0.2) is 5.84 Å². The summed E-state index contributed by atoms with van der Waals surface area (Å²) in [7, 11) is 1.62. The average molecular weight is 287 g/mol. The number of carbonyl (C=O) groups excluding carboxylic acids is 1. The summed E-state index contributed by atoms with van der Waals surface area (Å²) in [4.78, 5) is 13.7. The van der Waals surface area contributed by atoms with Gasteiger partial charge in [0.2, 0.25) is 0 Å². The highest BCUT2D eigenvalue weighted by Crippen LogP contribution is 2.17. The van der Waals surface area contributed by atoms with Gasteiger partial charge in [0, 0.05) is 23.9 Å². The Bertz CT molecular complexity index is 666. The molecule has 0 saturated heterocycles. The molecule has 0 aliphatic heterocycles. The van der Waals surface area contributed by atoms with Crippen LogP contribution in [0, 0.1) is 5.82 Å². The third-order valence-electron chi connectivity index (χ3n) is 3.05. The molecule has 0 spiro atoms. The normalized spacial score (nSPS) is 11.2. The fraction of sp³-hybridized carbons (Fsp3) is 0.0667. The zero-order chi connectivity index (χ0) is 15.4. The van der Waals surface area contributed by atoms with E-state index < -0.39 is 5.82 Å². The van der Waals surface area contributed by atoms with E-state index in [0.29, 0.717) is 16.8 Å². The minimum Gasteiger partial charge on any atom is -0.409 e. The molecule has 0 unspecified atom stereocenters. The van der Waals surface area contributed by atoms with Gasteiger partial charge in [-0.25, -0.2) is 4.39 Å². The summed E-state index contributed by atoms with van der Waals surface area (Å²) in [5.41, 5.74) is 7.04. The first kappa shape index (κ1) is 14.5. The molecule has 0 heterocycles. The molecular formula is C15H14FN3O2. The number of carbonyl (C=O) groups is 1. The summed E-state index contributed by atoms with van der Waals surface area (Å²) in [6.45, 7) is 0. The monoisotopic (exact) mass is 287 g/mol. The molecule has 6 heteroatoms. The number of hydrogen-bond acceptors (Lipinski definition) is 3. The Morgan fingerprint density at radius 2 is 1.62 bits per heavy atom. The molecule has 0 aromatic heterocycles. The maximum Gasteiger partial charge on any atom is 0.258 e. The van der Waals surface area contributed by atoms with E-state index in [-0.39, 0.29) is 11.7 Å². The topological polar surface area (TPSA) is 78.9 Å². The van der Waals surface area contributed by atoms with Crippen LogP contribution in [0.25, 0.3) is 0 Å². The van der Waals surface area contributed by atoms with Crippen LogP contribution in [0.2, 0.25) is 0 Å². The van der Waals surface area contributed by atoms with E-state index in [1.807, 2.05) is 0 Å². The molecule has 2 rings (SSSR count). The van der Waals surface area contributed by atoms with Crippen molar-refractivity contribution in [2.24, 2.45) is 10.9 Å². The van der Waals surface area contributed by atoms with Gasteiger partial charge in [-0.15, -0.1) is 0 Å². The van der Waals surface area contributed by atoms with Crippen molar-refractivity contribution >= 4 is 17.4 Å². The van der Waals surface area contributed by atoms with Crippen molar-refractivity contribution in [2.45, 2.75) is 0 Å². The molecule has 108 valence electrons. The van der Waals surface area contributed by atoms with Gasteiger partial charge in [0.05, 0.1) is 0 Å². The minimum atomic E-state index is -0.391. The Morgan fingerprint density at radius 3 is 2.14 bits per heavy atom. The summed E-state index contributed by atoms with van der Waals surface area (Å²) in [5.74, 6) is -0.655. The van der Waals surface area contributed by atoms with E-state index in [4.69, 9.17) is 10.9 Å². The number of benzene rings is 2. The van der Waals surface area contributed by atoms with Crippen LogP contribution in [0.15, 0.2) is 53.7 Å². The zero-order valence-electron chi connectivity index (χ0n) is 11.3. The van der Waals surface area contributed by atoms with Gasteiger partial charge in [-0.3, -0.25) is 4.79 Å². The molecule has 0 aliphatic rings. The van der Waals surface area contributed by atoms with Crippen molar-refractivity contribution in [3.05, 3.63) is 65.5 Å². The van der Waals surface area contributed by atoms with Crippen LogP contribution in [-0.2, 0) is 0 Å². The highest BCUT2D eigenvalue weighted by atomic mass is 19.1. The summed E-state index contributed by atoms with van der Waals surface area (Å²) < 4.78 is 12.9. The molecule has 2 aromatic rings. The lowest BCUT2D eigenvalue weighted by Crippen LogP contribution is -2.26. The fourth-order valence-corrected chi connectivity index (χ4v) is 1.82. The number of hydrogen-bond donors (Lipinski definition) is 2. The van der Waals surface area contributed by atoms with E-state index >= 15 is 0 Å². The third-order valence-corrected chi connectivity index (χ3v) is 3.05. The maximum absolute atomic E-state index is 12.9. The Morgan fingerprint density at radius 1 is 1.10 bits per heavy atom. The Hall–Kier alpha value is -2.89. The molecule has 21 heavy (non-hydrogen) atoms. The first-order valence-corrected chi connectivity index (χ1v) is 6.14. The Kier molecular flexibility index (Phi) is 4.18. The number of rotatable bonds is 3. The highest BCUT2D eigenvalue weighted by molar-refractivity contribution is 6.06. The second kappa shape index (κ2) is 6.04. The van der Waals surface area contributed by atoms with Crippen LogP contribution < -0.4 is 10.6 Å². The second-order valence-corrected chi connectivity index (χ2v) is 4.40. The van der Waals surface area contributed by atoms with Crippen molar-refractivity contribution in [1.29, 1.82) is 0 Å². The molecular weight excluding hydrogens is 273 g/mol. The van der Waals surface area contributed by atoms with Crippen molar-refractivity contribution < 1.29 is 14.4 Å². The molecule has 3 N–H and O–H groups in total. The molecule has 0 bridgehead atoms. The SMILES string of the molecule is CN(C(=O)c1ccc(F)cc1)c1ccc(C(N)=NO)cc1. The summed E-state index contributed by atoms with van der Waals surface area (Å²) in [6.07, 6.45) is 0. The van der Waals surface area contributed by atoms with Gasteiger partial charge >= 0.3 is 0 Å². The minimum absolute atomic E-state index is 0.00550. The number of anilines is 1. The summed E-state index contributed by atoms with van der Waals surface area (Å²) in [5, 5.41) is 11.5. The largest absolute Gasteiger partial charge is 0.409 e. The molecule has 1 amide bonds. The van der Waals surface area contributed by atoms with E-state index in [1.165, 1.54) is 29.2 Å². The molecule has 5 nitrogen and oxygen atoms in total. The van der Waals surface area contributed by atoms with Crippen molar-refractivity contribution in [1.82, 2.24) is 0 Å². The van der Waals surface area contributed by atoms with Crippen LogP contribution >= 0.6 is 0 Å². The molecule has 0 saturated carbocycles. The lowest BCUT2D eigenvalue weighted by molar-refractivity contribution is 0.0993. The van der Waals surface area contributed by atoms with E-state index in [2.05, 4.69) is 5.16 Å². The maximum atomic E-state index is 12.9. The molecule has 2 aromatic carbocycles. The molecule has 0 atom stereocenters. The third kappa shape index (κ3) is 3.17. The number of amides is 1. The van der Waals surface area contributed by atoms with E-state index in [1.54, 1.807) is 31.3 Å². The first-order valence-electron chi connectivity index (χ1n) is 6.14. The Labute approximate surface area is 121 Å². The van der Waals surface area contributed by atoms with Crippen LogP contribution in [0.3, 0.4) is 0 Å². The van der Waals surface area contributed by atoms with Crippen molar-refractivity contribution in [3.8, 4) is 0 Å². The second-order valence-electron chi connectivity index (χ2n) is 4.40. The fourth-order valence-electron chi connectivity index (χ4n) is 1.82. The lowest BCUT2D eigenvalue weighted by Gasteiger charge is -2.17. The van der Waals surface area contributed by atoms with Crippen molar-refractivity contribution in [3.63, 3.8) is 0 Å². The van der Waals surface area contributed by atoms with Gasteiger partial charge in [-0.2, -0.15) is 0 Å². The number of amidine groups is 1. The first-order chi connectivity index (χ1) is 10.0. The van der Waals surface area contributed by atoms with E-state index in [0.717, 1.165) is 0 Å². The van der Waals surface area contributed by atoms with Gasteiger partial charge < -0.3 is 15.8 Å². The van der Waals surface area contributed by atoms with Crippen LogP contribution in [0.4, 0.5) is 10.1 Å². The number of nitrogens with two attached hydrogens (primary N) is 1. The number of oxime groups is 1. The molecule has 0 fully saturated rings. The summed E-state index contributed by atoms with van der Waals surface area (Å²) >= 11 is 0. The van der Waals surface area contributed by atoms with Gasteiger partial charge in [-0.05, 0) is 48.5 Å². The highest BCUT2D eigenvalue weighted by Gasteiger charge is 2.13. The predicted molar refractivity (Wildman–Crippen MR) is 78.1 cm³/mol. The van der Waals surface area contributed by atoms with E-state index in [9.17, 15) is 9.18 Å². The van der Waals surface area contributed by atoms with Crippen LogP contribution in [-0.4, -0.2) is 24.0 Å². The standard InChI is InChI=1S/C15H14FN3O2/c1-19(15(20)11-2-6-12(16)7-3-11)13-8-4-10(5-9-13)14(17)18-21/h2-9,21H,1H3,(H2,17,18).